The molecule has 0 fully saturated rings. The molecule has 0 spiro atoms. The zero-order valence-corrected chi connectivity index (χ0v) is 11.3. The van der Waals surface area contributed by atoms with Gasteiger partial charge < -0.3 is 11.1 Å². The van der Waals surface area contributed by atoms with Gasteiger partial charge in [0.1, 0.15) is 0 Å². The summed E-state index contributed by atoms with van der Waals surface area (Å²) >= 11 is 5.82. The molecule has 0 heterocycles. The number of nitrogen functional groups attached to an aromatic ring is 1. The van der Waals surface area contributed by atoms with Gasteiger partial charge in [0.05, 0.1) is 28.6 Å². The van der Waals surface area contributed by atoms with Crippen molar-refractivity contribution in [2.24, 2.45) is 0 Å². The number of halogens is 4. The summed E-state index contributed by atoms with van der Waals surface area (Å²) in [7, 11) is 0. The van der Waals surface area contributed by atoms with Crippen LogP contribution in [-0.4, -0.2) is 0 Å². The fraction of sp³-hybridized carbons (Fsp3) is 0.0714. The third kappa shape index (κ3) is 3.38. The van der Waals surface area contributed by atoms with E-state index in [1.807, 2.05) is 0 Å². The maximum Gasteiger partial charge on any atom is 0.417 e. The molecule has 0 saturated carbocycles. The molecule has 0 saturated heterocycles. The molecule has 2 rings (SSSR count). The smallest absolute Gasteiger partial charge is 0.397 e. The molecule has 0 unspecified atom stereocenters. The Bertz CT molecular complexity index is 720. The van der Waals surface area contributed by atoms with Gasteiger partial charge in [0, 0.05) is 10.7 Å². The molecule has 21 heavy (non-hydrogen) atoms. The Balaban J connectivity index is 2.42. The van der Waals surface area contributed by atoms with E-state index in [0.29, 0.717) is 16.4 Å². The number of anilines is 3. The summed E-state index contributed by atoms with van der Waals surface area (Å²) in [6.07, 6.45) is -4.61. The molecule has 0 aliphatic rings. The van der Waals surface area contributed by atoms with Gasteiger partial charge in [-0.3, -0.25) is 0 Å². The summed E-state index contributed by atoms with van der Waals surface area (Å²) < 4.78 is 38.6. The van der Waals surface area contributed by atoms with Gasteiger partial charge in [0.2, 0.25) is 0 Å². The Labute approximate surface area is 123 Å². The lowest BCUT2D eigenvalue weighted by Gasteiger charge is -2.13. The van der Waals surface area contributed by atoms with Crippen molar-refractivity contribution in [1.82, 2.24) is 0 Å². The normalized spacial score (nSPS) is 11.0. The summed E-state index contributed by atoms with van der Waals surface area (Å²) in [4.78, 5) is 0. The van der Waals surface area contributed by atoms with Crippen molar-refractivity contribution in [3.63, 3.8) is 0 Å². The molecule has 0 aromatic heterocycles. The highest BCUT2D eigenvalue weighted by atomic mass is 35.5. The SMILES string of the molecule is N#Cc1ccc(Nc2cc(Cl)ccc2N)cc1C(F)(F)F. The summed E-state index contributed by atoms with van der Waals surface area (Å²) in [5.41, 5.74) is 5.18. The average molecular weight is 312 g/mol. The first-order chi connectivity index (χ1) is 9.81. The van der Waals surface area contributed by atoms with E-state index in [0.717, 1.165) is 12.1 Å². The van der Waals surface area contributed by atoms with Crippen molar-refractivity contribution in [2.45, 2.75) is 6.18 Å². The summed E-state index contributed by atoms with van der Waals surface area (Å²) in [5.74, 6) is 0. The summed E-state index contributed by atoms with van der Waals surface area (Å²) in [5, 5.41) is 11.9. The van der Waals surface area contributed by atoms with Crippen molar-refractivity contribution < 1.29 is 13.2 Å². The Morgan fingerprint density at radius 3 is 2.48 bits per heavy atom. The lowest BCUT2D eigenvalue weighted by Crippen LogP contribution is -2.08. The van der Waals surface area contributed by atoms with Crippen LogP contribution in [0.2, 0.25) is 5.02 Å². The lowest BCUT2D eigenvalue weighted by molar-refractivity contribution is -0.137. The fourth-order valence-electron chi connectivity index (χ4n) is 1.75. The minimum atomic E-state index is -4.61. The predicted molar refractivity (Wildman–Crippen MR) is 75.3 cm³/mol. The van der Waals surface area contributed by atoms with Gasteiger partial charge >= 0.3 is 6.18 Å². The van der Waals surface area contributed by atoms with E-state index in [1.54, 1.807) is 12.1 Å². The highest BCUT2D eigenvalue weighted by Gasteiger charge is 2.33. The predicted octanol–water partition coefficient (Wildman–Crippen LogP) is 4.56. The number of alkyl halides is 3. The maximum atomic E-state index is 12.9. The molecule has 3 N–H and O–H groups in total. The summed E-state index contributed by atoms with van der Waals surface area (Å²) in [6, 6.07) is 9.47. The van der Waals surface area contributed by atoms with E-state index < -0.39 is 17.3 Å². The van der Waals surface area contributed by atoms with Gasteiger partial charge in [0.15, 0.2) is 0 Å². The van der Waals surface area contributed by atoms with Crippen LogP contribution in [0.4, 0.5) is 30.2 Å². The van der Waals surface area contributed by atoms with Crippen LogP contribution in [0, 0.1) is 11.3 Å². The highest BCUT2D eigenvalue weighted by Crippen LogP contribution is 2.35. The molecule has 0 bridgehead atoms. The largest absolute Gasteiger partial charge is 0.417 e. The maximum absolute atomic E-state index is 12.9. The lowest BCUT2D eigenvalue weighted by atomic mass is 10.1. The monoisotopic (exact) mass is 311 g/mol. The van der Waals surface area contributed by atoms with Gasteiger partial charge in [-0.2, -0.15) is 18.4 Å². The third-order valence-corrected chi connectivity index (χ3v) is 2.97. The van der Waals surface area contributed by atoms with E-state index in [-0.39, 0.29) is 5.69 Å². The molecule has 0 atom stereocenters. The molecule has 0 amide bonds. The van der Waals surface area contributed by atoms with Crippen LogP contribution in [0.1, 0.15) is 11.1 Å². The van der Waals surface area contributed by atoms with Crippen molar-refractivity contribution in [2.75, 3.05) is 11.1 Å². The first-order valence-electron chi connectivity index (χ1n) is 5.74. The zero-order chi connectivity index (χ0) is 15.6. The van der Waals surface area contributed by atoms with E-state index in [2.05, 4.69) is 5.32 Å². The molecular formula is C14H9ClF3N3. The van der Waals surface area contributed by atoms with Crippen molar-refractivity contribution in [3.8, 4) is 6.07 Å². The molecular weight excluding hydrogens is 303 g/mol. The van der Waals surface area contributed by atoms with Crippen molar-refractivity contribution >= 4 is 28.7 Å². The average Bonchev–Trinajstić information content (AvgIpc) is 2.42. The molecule has 0 radical (unpaired) electrons. The molecule has 3 nitrogen and oxygen atoms in total. The van der Waals surface area contributed by atoms with Crippen LogP contribution in [0.5, 0.6) is 0 Å². The van der Waals surface area contributed by atoms with Crippen LogP contribution in [-0.2, 0) is 6.18 Å². The van der Waals surface area contributed by atoms with Gasteiger partial charge in [-0.25, -0.2) is 0 Å². The second-order valence-electron chi connectivity index (χ2n) is 4.23. The van der Waals surface area contributed by atoms with Gasteiger partial charge in [-0.15, -0.1) is 0 Å². The molecule has 7 heteroatoms. The number of rotatable bonds is 2. The molecule has 0 aliphatic carbocycles. The van der Waals surface area contributed by atoms with Crippen LogP contribution in [0.25, 0.3) is 0 Å². The summed E-state index contributed by atoms with van der Waals surface area (Å²) in [6.45, 7) is 0. The van der Waals surface area contributed by atoms with Crippen LogP contribution in [0.3, 0.4) is 0 Å². The number of nitrogens with one attached hydrogen (secondary N) is 1. The number of nitrogens with two attached hydrogens (primary N) is 1. The Hall–Kier alpha value is -2.39. The molecule has 2 aromatic carbocycles. The van der Waals surface area contributed by atoms with Crippen LogP contribution in [0.15, 0.2) is 36.4 Å². The second kappa shape index (κ2) is 5.54. The Kier molecular flexibility index (Phi) is 3.96. The molecule has 2 aromatic rings. The van der Waals surface area contributed by atoms with E-state index in [1.165, 1.54) is 18.2 Å². The molecule has 108 valence electrons. The van der Waals surface area contributed by atoms with Gasteiger partial charge in [0.25, 0.3) is 0 Å². The third-order valence-electron chi connectivity index (χ3n) is 2.74. The standard InChI is InChI=1S/C14H9ClF3N3/c15-9-2-4-12(20)13(5-9)21-10-3-1-8(7-19)11(6-10)14(16,17)18/h1-6,21H,20H2. The number of nitriles is 1. The zero-order valence-electron chi connectivity index (χ0n) is 10.5. The fourth-order valence-corrected chi connectivity index (χ4v) is 1.92. The Morgan fingerprint density at radius 1 is 1.14 bits per heavy atom. The Morgan fingerprint density at radius 2 is 1.86 bits per heavy atom. The minimum absolute atomic E-state index is 0.162. The van der Waals surface area contributed by atoms with Gasteiger partial charge in [-0.1, -0.05) is 11.6 Å². The van der Waals surface area contributed by atoms with Crippen molar-refractivity contribution in [3.05, 3.63) is 52.5 Å². The number of hydrogen-bond donors (Lipinski definition) is 2. The van der Waals surface area contributed by atoms with Gasteiger partial charge in [-0.05, 0) is 36.4 Å². The number of nitrogens with zero attached hydrogens (tertiary/aromatic N) is 1. The van der Waals surface area contributed by atoms with Crippen molar-refractivity contribution in [1.29, 1.82) is 5.26 Å². The number of hydrogen-bond acceptors (Lipinski definition) is 3. The quantitative estimate of drug-likeness (QED) is 0.799. The first kappa shape index (κ1) is 15.0. The van der Waals surface area contributed by atoms with Crippen LogP contribution >= 0.6 is 11.6 Å². The first-order valence-corrected chi connectivity index (χ1v) is 6.12. The van der Waals surface area contributed by atoms with Crippen LogP contribution < -0.4 is 11.1 Å². The topological polar surface area (TPSA) is 61.8 Å². The second-order valence-corrected chi connectivity index (χ2v) is 4.66. The van der Waals surface area contributed by atoms with E-state index >= 15 is 0 Å². The van der Waals surface area contributed by atoms with E-state index in [4.69, 9.17) is 22.6 Å². The van der Waals surface area contributed by atoms with E-state index in [9.17, 15) is 13.2 Å². The number of benzene rings is 2. The minimum Gasteiger partial charge on any atom is -0.397 e. The highest BCUT2D eigenvalue weighted by molar-refractivity contribution is 6.31. The molecule has 0 aliphatic heterocycles.